The standard InChI is InChI=1S/C18H16ClN3O4S/c1-11(18(24)20-14-5-3-2-4-13(14)19)25-16(23)7-6-15-21-17(22-26-15)12-8-9-27-10-12/h2-5,8-11H,6-7H2,1H3,(H,20,24)/t11-/m0/s1. The van der Waals surface area contributed by atoms with Crippen LogP contribution in [0, 0.1) is 0 Å². The number of nitrogens with zero attached hydrogens (tertiary/aromatic N) is 2. The van der Waals surface area contributed by atoms with Crippen LogP contribution in [0.1, 0.15) is 19.2 Å². The van der Waals surface area contributed by atoms with E-state index in [1.54, 1.807) is 24.3 Å². The monoisotopic (exact) mass is 405 g/mol. The normalized spacial score (nSPS) is 11.8. The topological polar surface area (TPSA) is 94.3 Å². The zero-order valence-electron chi connectivity index (χ0n) is 14.3. The van der Waals surface area contributed by atoms with Gasteiger partial charge in [0.05, 0.1) is 17.1 Å². The molecule has 3 rings (SSSR count). The highest BCUT2D eigenvalue weighted by Gasteiger charge is 2.19. The lowest BCUT2D eigenvalue weighted by atomic mass is 10.3. The third-order valence-corrected chi connectivity index (χ3v) is 4.61. The number of carbonyl (C=O) groups is 2. The molecular formula is C18H16ClN3O4S. The van der Waals surface area contributed by atoms with Crippen LogP contribution in [-0.2, 0) is 20.7 Å². The summed E-state index contributed by atoms with van der Waals surface area (Å²) in [5, 5.41) is 10.7. The van der Waals surface area contributed by atoms with E-state index < -0.39 is 18.0 Å². The maximum Gasteiger partial charge on any atom is 0.307 e. The van der Waals surface area contributed by atoms with Crippen molar-refractivity contribution in [3.05, 3.63) is 52.0 Å². The number of nitrogens with one attached hydrogen (secondary N) is 1. The molecular weight excluding hydrogens is 390 g/mol. The first-order valence-electron chi connectivity index (χ1n) is 8.13. The van der Waals surface area contributed by atoms with Gasteiger partial charge in [-0.3, -0.25) is 9.59 Å². The maximum absolute atomic E-state index is 12.1. The number of aromatic nitrogens is 2. The number of hydrogen-bond acceptors (Lipinski definition) is 7. The number of halogens is 1. The second-order valence-corrected chi connectivity index (χ2v) is 6.81. The van der Waals surface area contributed by atoms with Crippen molar-refractivity contribution in [3.8, 4) is 11.4 Å². The number of aryl methyl sites for hydroxylation is 1. The van der Waals surface area contributed by atoms with E-state index in [1.165, 1.54) is 18.3 Å². The van der Waals surface area contributed by atoms with E-state index in [1.807, 2.05) is 16.8 Å². The Morgan fingerprint density at radius 3 is 2.89 bits per heavy atom. The summed E-state index contributed by atoms with van der Waals surface area (Å²) in [6.07, 6.45) is -0.707. The second-order valence-electron chi connectivity index (χ2n) is 5.62. The minimum absolute atomic E-state index is 0.0228. The van der Waals surface area contributed by atoms with Crippen LogP contribution in [0.15, 0.2) is 45.6 Å². The van der Waals surface area contributed by atoms with Crippen molar-refractivity contribution in [1.29, 1.82) is 0 Å². The van der Waals surface area contributed by atoms with Gasteiger partial charge in [-0.1, -0.05) is 28.9 Å². The van der Waals surface area contributed by atoms with Crippen molar-refractivity contribution < 1.29 is 18.8 Å². The van der Waals surface area contributed by atoms with Crippen molar-refractivity contribution in [2.75, 3.05) is 5.32 Å². The minimum atomic E-state index is -0.960. The van der Waals surface area contributed by atoms with Crippen LogP contribution in [-0.4, -0.2) is 28.1 Å². The quantitative estimate of drug-likeness (QED) is 0.598. The molecule has 1 aromatic carbocycles. The fraction of sp³-hybridized carbons (Fsp3) is 0.222. The van der Waals surface area contributed by atoms with Crippen molar-refractivity contribution in [2.45, 2.75) is 25.9 Å². The fourth-order valence-electron chi connectivity index (χ4n) is 2.18. The number of ether oxygens (including phenoxy) is 1. The van der Waals surface area contributed by atoms with Crippen LogP contribution in [0.25, 0.3) is 11.4 Å². The maximum atomic E-state index is 12.1. The number of benzene rings is 1. The molecule has 1 atom stereocenters. The van der Waals surface area contributed by atoms with Gasteiger partial charge in [-0.15, -0.1) is 0 Å². The number of carbonyl (C=O) groups excluding carboxylic acids is 2. The first-order chi connectivity index (χ1) is 13.0. The van der Waals surface area contributed by atoms with Gasteiger partial charge in [-0.05, 0) is 30.5 Å². The van der Waals surface area contributed by atoms with E-state index in [9.17, 15) is 9.59 Å². The largest absolute Gasteiger partial charge is 0.453 e. The number of para-hydroxylation sites is 1. The molecule has 1 amide bonds. The molecule has 2 aromatic heterocycles. The molecule has 0 aliphatic carbocycles. The van der Waals surface area contributed by atoms with Crippen molar-refractivity contribution >= 4 is 40.5 Å². The summed E-state index contributed by atoms with van der Waals surface area (Å²) in [5.41, 5.74) is 1.32. The molecule has 0 radical (unpaired) electrons. The number of esters is 1. The Morgan fingerprint density at radius 1 is 1.33 bits per heavy atom. The van der Waals surface area contributed by atoms with E-state index in [0.717, 1.165) is 5.56 Å². The van der Waals surface area contributed by atoms with Gasteiger partial charge in [0.2, 0.25) is 11.7 Å². The molecule has 7 nitrogen and oxygen atoms in total. The number of amides is 1. The van der Waals surface area contributed by atoms with Crippen LogP contribution < -0.4 is 5.32 Å². The molecule has 27 heavy (non-hydrogen) atoms. The molecule has 0 aliphatic heterocycles. The average Bonchev–Trinajstić information content (AvgIpc) is 3.33. The lowest BCUT2D eigenvalue weighted by molar-refractivity contribution is -0.153. The van der Waals surface area contributed by atoms with Crippen LogP contribution in [0.5, 0.6) is 0 Å². The Morgan fingerprint density at radius 2 is 2.15 bits per heavy atom. The number of anilines is 1. The van der Waals surface area contributed by atoms with Gasteiger partial charge >= 0.3 is 5.97 Å². The van der Waals surface area contributed by atoms with Gasteiger partial charge in [0.25, 0.3) is 5.91 Å². The molecule has 9 heteroatoms. The lowest BCUT2D eigenvalue weighted by Gasteiger charge is -2.13. The fourth-order valence-corrected chi connectivity index (χ4v) is 3.00. The Hall–Kier alpha value is -2.71. The Labute approximate surface area is 164 Å². The Balaban J connectivity index is 1.47. The molecule has 2 heterocycles. The smallest absolute Gasteiger partial charge is 0.307 e. The van der Waals surface area contributed by atoms with Crippen molar-refractivity contribution in [1.82, 2.24) is 10.1 Å². The highest BCUT2D eigenvalue weighted by molar-refractivity contribution is 7.08. The number of thiophene rings is 1. The molecule has 0 fully saturated rings. The van der Waals surface area contributed by atoms with E-state index in [0.29, 0.717) is 22.4 Å². The Kier molecular flexibility index (Phi) is 6.20. The summed E-state index contributed by atoms with van der Waals surface area (Å²) in [6, 6.07) is 8.69. The van der Waals surface area contributed by atoms with Crippen LogP contribution >= 0.6 is 22.9 Å². The van der Waals surface area contributed by atoms with E-state index >= 15 is 0 Å². The Bertz CT molecular complexity index is 926. The number of hydrogen-bond donors (Lipinski definition) is 1. The average molecular weight is 406 g/mol. The van der Waals surface area contributed by atoms with Crippen LogP contribution in [0.4, 0.5) is 5.69 Å². The zero-order chi connectivity index (χ0) is 19.2. The van der Waals surface area contributed by atoms with Gasteiger partial charge in [0.15, 0.2) is 6.10 Å². The molecule has 0 spiro atoms. The predicted molar refractivity (Wildman–Crippen MR) is 102 cm³/mol. The lowest BCUT2D eigenvalue weighted by Crippen LogP contribution is -2.30. The van der Waals surface area contributed by atoms with E-state index in [4.69, 9.17) is 20.9 Å². The summed E-state index contributed by atoms with van der Waals surface area (Å²) >= 11 is 7.52. The predicted octanol–water partition coefficient (Wildman–Crippen LogP) is 3.95. The third kappa shape index (κ3) is 5.15. The molecule has 0 aliphatic rings. The van der Waals surface area contributed by atoms with Gasteiger partial charge in [0.1, 0.15) is 0 Å². The molecule has 0 bridgehead atoms. The summed E-state index contributed by atoms with van der Waals surface area (Å²) in [4.78, 5) is 28.3. The molecule has 140 valence electrons. The highest BCUT2D eigenvalue weighted by Crippen LogP contribution is 2.21. The SMILES string of the molecule is C[C@H](OC(=O)CCc1nc(-c2ccsc2)no1)C(=O)Nc1ccccc1Cl. The molecule has 0 unspecified atom stereocenters. The van der Waals surface area contributed by atoms with Crippen LogP contribution in [0.3, 0.4) is 0 Å². The van der Waals surface area contributed by atoms with Gasteiger partial charge < -0.3 is 14.6 Å². The molecule has 0 saturated carbocycles. The summed E-state index contributed by atoms with van der Waals surface area (Å²) in [6.45, 7) is 1.49. The summed E-state index contributed by atoms with van der Waals surface area (Å²) in [5.74, 6) is -0.186. The van der Waals surface area contributed by atoms with Crippen LogP contribution in [0.2, 0.25) is 5.02 Å². The van der Waals surface area contributed by atoms with Gasteiger partial charge in [0, 0.05) is 17.4 Å². The third-order valence-electron chi connectivity index (χ3n) is 3.60. The number of rotatable bonds is 7. The minimum Gasteiger partial charge on any atom is -0.453 e. The van der Waals surface area contributed by atoms with Gasteiger partial charge in [-0.2, -0.15) is 16.3 Å². The first-order valence-corrected chi connectivity index (χ1v) is 9.45. The summed E-state index contributed by atoms with van der Waals surface area (Å²) < 4.78 is 10.3. The molecule has 1 N–H and O–H groups in total. The summed E-state index contributed by atoms with van der Waals surface area (Å²) in [7, 11) is 0. The first kappa shape index (κ1) is 19.1. The van der Waals surface area contributed by atoms with Crippen molar-refractivity contribution in [2.24, 2.45) is 0 Å². The van der Waals surface area contributed by atoms with Crippen molar-refractivity contribution in [3.63, 3.8) is 0 Å². The molecule has 3 aromatic rings. The highest BCUT2D eigenvalue weighted by atomic mass is 35.5. The van der Waals surface area contributed by atoms with E-state index in [2.05, 4.69) is 15.5 Å². The second kappa shape index (κ2) is 8.79. The zero-order valence-corrected chi connectivity index (χ0v) is 15.9. The molecule has 0 saturated heterocycles. The van der Waals surface area contributed by atoms with Gasteiger partial charge in [-0.25, -0.2) is 0 Å². The van der Waals surface area contributed by atoms with E-state index in [-0.39, 0.29) is 12.8 Å².